The van der Waals surface area contributed by atoms with Gasteiger partial charge in [-0.15, -0.1) is 10.2 Å². The molecule has 8 heteroatoms. The second-order valence-corrected chi connectivity index (χ2v) is 8.63. The van der Waals surface area contributed by atoms with Crippen LogP contribution in [0.1, 0.15) is 25.7 Å². The summed E-state index contributed by atoms with van der Waals surface area (Å²) < 4.78 is 29.9. The lowest BCUT2D eigenvalue weighted by atomic mass is 9.96. The van der Waals surface area contributed by atoms with Gasteiger partial charge in [0, 0.05) is 18.3 Å². The van der Waals surface area contributed by atoms with Gasteiger partial charge in [0.05, 0.1) is 4.90 Å². The van der Waals surface area contributed by atoms with Crippen LogP contribution in [0.3, 0.4) is 0 Å². The van der Waals surface area contributed by atoms with Gasteiger partial charge < -0.3 is 4.57 Å². The summed E-state index contributed by atoms with van der Waals surface area (Å²) in [5, 5.41) is 8.98. The molecule has 0 aliphatic heterocycles. The third-order valence-corrected chi connectivity index (χ3v) is 6.94. The second kappa shape index (κ2) is 7.02. The van der Waals surface area contributed by atoms with Crippen molar-refractivity contribution >= 4 is 21.8 Å². The summed E-state index contributed by atoms with van der Waals surface area (Å²) in [5.41, 5.74) is 0. The molecule has 1 aromatic carbocycles. The molecule has 1 N–H and O–H groups in total. The number of nitrogens with zero attached hydrogens (tertiary/aromatic N) is 3. The molecule has 0 unspecified atom stereocenters. The molecule has 0 radical (unpaired) electrons. The minimum absolute atomic E-state index is 0.0874. The number of aryl methyl sites for hydroxylation is 1. The Balaban J connectivity index is 1.75. The maximum atomic E-state index is 12.6. The van der Waals surface area contributed by atoms with E-state index < -0.39 is 10.0 Å². The fourth-order valence-corrected chi connectivity index (χ4v) is 5.40. The molecule has 1 aliphatic carbocycles. The first-order chi connectivity index (χ1) is 11.1. The van der Waals surface area contributed by atoms with Crippen molar-refractivity contribution in [3.05, 3.63) is 36.7 Å². The van der Waals surface area contributed by atoms with Gasteiger partial charge in [-0.25, -0.2) is 13.1 Å². The molecule has 0 amide bonds. The maximum absolute atomic E-state index is 12.6. The molecule has 2 atom stereocenters. The molecule has 0 bridgehead atoms. The Bertz CT molecular complexity index is 746. The van der Waals surface area contributed by atoms with E-state index in [0.29, 0.717) is 4.90 Å². The van der Waals surface area contributed by atoms with E-state index in [1.165, 1.54) is 0 Å². The molecule has 1 fully saturated rings. The summed E-state index contributed by atoms with van der Waals surface area (Å²) in [6.07, 6.45) is 5.63. The van der Waals surface area contributed by atoms with Crippen molar-refractivity contribution in [2.75, 3.05) is 0 Å². The smallest absolute Gasteiger partial charge is 0.240 e. The fraction of sp³-hybridized carbons (Fsp3) is 0.467. The normalized spacial score (nSPS) is 22.1. The van der Waals surface area contributed by atoms with Gasteiger partial charge in [-0.3, -0.25) is 0 Å². The Hall–Kier alpha value is -1.38. The lowest BCUT2D eigenvalue weighted by Crippen LogP contribution is -2.43. The molecule has 1 heterocycles. The van der Waals surface area contributed by atoms with Crippen LogP contribution in [-0.4, -0.2) is 34.5 Å². The Kier molecular flexibility index (Phi) is 5.03. The first-order valence-electron chi connectivity index (χ1n) is 7.64. The number of sulfonamides is 1. The third-order valence-electron chi connectivity index (χ3n) is 3.99. The lowest BCUT2D eigenvalue weighted by molar-refractivity contribution is 0.422. The highest BCUT2D eigenvalue weighted by molar-refractivity contribution is 7.99. The molecular formula is C15H20N4O2S2. The van der Waals surface area contributed by atoms with E-state index in [2.05, 4.69) is 14.9 Å². The van der Waals surface area contributed by atoms with Crippen LogP contribution < -0.4 is 4.72 Å². The molecule has 124 valence electrons. The van der Waals surface area contributed by atoms with Crippen molar-refractivity contribution < 1.29 is 8.42 Å². The molecule has 1 aromatic heterocycles. The van der Waals surface area contributed by atoms with E-state index in [9.17, 15) is 8.42 Å². The minimum atomic E-state index is -3.49. The number of thioether (sulfide) groups is 1. The van der Waals surface area contributed by atoms with Crippen LogP contribution in [0.5, 0.6) is 0 Å². The highest BCUT2D eigenvalue weighted by atomic mass is 32.2. The lowest BCUT2D eigenvalue weighted by Gasteiger charge is -2.31. The minimum Gasteiger partial charge on any atom is -0.312 e. The van der Waals surface area contributed by atoms with Crippen LogP contribution in [0.2, 0.25) is 0 Å². The molecule has 3 rings (SSSR count). The predicted octanol–water partition coefficient (Wildman–Crippen LogP) is 2.20. The Morgan fingerprint density at radius 1 is 1.22 bits per heavy atom. The Labute approximate surface area is 140 Å². The van der Waals surface area contributed by atoms with E-state index in [4.69, 9.17) is 0 Å². The van der Waals surface area contributed by atoms with Gasteiger partial charge >= 0.3 is 0 Å². The van der Waals surface area contributed by atoms with Crippen molar-refractivity contribution in [3.8, 4) is 0 Å². The summed E-state index contributed by atoms with van der Waals surface area (Å²) >= 11 is 1.60. The van der Waals surface area contributed by atoms with Gasteiger partial charge in [0.25, 0.3) is 0 Å². The van der Waals surface area contributed by atoms with Crippen molar-refractivity contribution in [3.63, 3.8) is 0 Å². The molecular weight excluding hydrogens is 332 g/mol. The first-order valence-corrected chi connectivity index (χ1v) is 10.0. The van der Waals surface area contributed by atoms with E-state index >= 15 is 0 Å². The predicted molar refractivity (Wildman–Crippen MR) is 89.7 cm³/mol. The number of hydrogen-bond donors (Lipinski definition) is 1. The van der Waals surface area contributed by atoms with E-state index in [-0.39, 0.29) is 11.3 Å². The van der Waals surface area contributed by atoms with Crippen LogP contribution in [0.4, 0.5) is 0 Å². The molecule has 23 heavy (non-hydrogen) atoms. The molecule has 1 aliphatic rings. The van der Waals surface area contributed by atoms with Crippen LogP contribution in [0.25, 0.3) is 0 Å². The number of aromatic nitrogens is 3. The zero-order valence-electron chi connectivity index (χ0n) is 12.9. The second-order valence-electron chi connectivity index (χ2n) is 5.71. The topological polar surface area (TPSA) is 76.9 Å². The van der Waals surface area contributed by atoms with Gasteiger partial charge in [-0.05, 0) is 25.0 Å². The van der Waals surface area contributed by atoms with Crippen molar-refractivity contribution in [1.82, 2.24) is 19.5 Å². The zero-order valence-corrected chi connectivity index (χ0v) is 14.6. The van der Waals surface area contributed by atoms with Gasteiger partial charge in [-0.2, -0.15) is 0 Å². The van der Waals surface area contributed by atoms with Crippen LogP contribution >= 0.6 is 11.8 Å². The molecule has 0 saturated heterocycles. The average molecular weight is 352 g/mol. The fourth-order valence-electron chi connectivity index (χ4n) is 2.75. The first kappa shape index (κ1) is 16.5. The van der Waals surface area contributed by atoms with Crippen LogP contribution in [-0.2, 0) is 17.1 Å². The molecule has 0 spiro atoms. The summed E-state index contributed by atoms with van der Waals surface area (Å²) in [5.74, 6) is 0. The molecule has 6 nitrogen and oxygen atoms in total. The molecule has 1 saturated carbocycles. The SMILES string of the molecule is Cn1cnnc1S[C@H]1CCCC[C@@H]1NS(=O)(=O)c1ccccc1. The summed E-state index contributed by atoms with van der Waals surface area (Å²) in [7, 11) is -1.59. The monoisotopic (exact) mass is 352 g/mol. The highest BCUT2D eigenvalue weighted by Crippen LogP contribution is 2.33. The summed E-state index contributed by atoms with van der Waals surface area (Å²) in [6, 6.07) is 8.44. The van der Waals surface area contributed by atoms with Gasteiger partial charge in [0.1, 0.15) is 6.33 Å². The Morgan fingerprint density at radius 3 is 2.65 bits per heavy atom. The average Bonchev–Trinajstić information content (AvgIpc) is 2.95. The summed E-state index contributed by atoms with van der Waals surface area (Å²) in [4.78, 5) is 0.313. The number of hydrogen-bond acceptors (Lipinski definition) is 5. The maximum Gasteiger partial charge on any atom is 0.240 e. The van der Waals surface area contributed by atoms with Gasteiger partial charge in [0.2, 0.25) is 10.0 Å². The largest absolute Gasteiger partial charge is 0.312 e. The van der Waals surface area contributed by atoms with E-state index in [0.717, 1.165) is 30.8 Å². The quantitative estimate of drug-likeness (QED) is 0.893. The van der Waals surface area contributed by atoms with Crippen molar-refractivity contribution in [2.24, 2.45) is 7.05 Å². The van der Waals surface area contributed by atoms with Gasteiger partial charge in [0.15, 0.2) is 5.16 Å². The van der Waals surface area contributed by atoms with Crippen LogP contribution in [0.15, 0.2) is 46.7 Å². The molecule has 2 aromatic rings. The standard InChI is InChI=1S/C15H20N4O2S2/c1-19-11-16-17-15(19)22-14-10-6-5-9-13(14)18-23(20,21)12-7-3-2-4-8-12/h2-4,7-8,11,13-14,18H,5-6,9-10H2,1H3/t13-,14-/m0/s1. The zero-order chi connectivity index (χ0) is 16.3. The number of benzene rings is 1. The van der Waals surface area contributed by atoms with Crippen molar-refractivity contribution in [2.45, 2.75) is 47.0 Å². The van der Waals surface area contributed by atoms with E-state index in [1.54, 1.807) is 42.4 Å². The van der Waals surface area contributed by atoms with E-state index in [1.807, 2.05) is 17.7 Å². The van der Waals surface area contributed by atoms with Crippen molar-refractivity contribution in [1.29, 1.82) is 0 Å². The highest BCUT2D eigenvalue weighted by Gasteiger charge is 2.31. The summed E-state index contributed by atoms with van der Waals surface area (Å²) in [6.45, 7) is 0. The third kappa shape index (κ3) is 3.94. The Morgan fingerprint density at radius 2 is 1.96 bits per heavy atom. The van der Waals surface area contributed by atoms with Gasteiger partial charge in [-0.1, -0.05) is 42.8 Å². The number of rotatable bonds is 5. The number of nitrogens with one attached hydrogen (secondary N) is 1. The van der Waals surface area contributed by atoms with Crippen LogP contribution in [0, 0.1) is 0 Å².